The van der Waals surface area contributed by atoms with E-state index in [1.54, 1.807) is 6.07 Å². The van der Waals surface area contributed by atoms with Gasteiger partial charge in [0.25, 0.3) is 0 Å². The van der Waals surface area contributed by atoms with E-state index in [-0.39, 0.29) is 47.3 Å². The largest absolute Gasteiger partial charge is 0.302 e. The van der Waals surface area contributed by atoms with E-state index < -0.39 is 0 Å². The summed E-state index contributed by atoms with van der Waals surface area (Å²) in [4.78, 5) is 0. The van der Waals surface area contributed by atoms with Crippen molar-refractivity contribution in [1.29, 1.82) is 15.9 Å². The zero-order valence-electron chi connectivity index (χ0n) is 6.05. The topological polar surface area (TPSA) is 93.7 Å². The van der Waals surface area contributed by atoms with Gasteiger partial charge in [0.2, 0.25) is 0 Å². The molecule has 0 aliphatic heterocycles. The second-order valence-electron chi connectivity index (χ2n) is 1.41. The van der Waals surface area contributed by atoms with E-state index in [4.69, 9.17) is 21.3 Å². The molecule has 4 nitrogen and oxygen atoms in total. The first-order chi connectivity index (χ1) is 4.76. The molecule has 0 rings (SSSR count). The molecule has 48 valence electrons. The van der Waals surface area contributed by atoms with E-state index in [0.717, 1.165) is 0 Å². The average molecular weight is 154 g/mol. The van der Waals surface area contributed by atoms with Crippen molar-refractivity contribution in [3.8, 4) is 12.1 Å². The van der Waals surface area contributed by atoms with Crippen LogP contribution >= 0.6 is 0 Å². The number of nitrogens with one attached hydrogen (secondary N) is 1. The van der Waals surface area contributed by atoms with Gasteiger partial charge in [0.05, 0.1) is 18.2 Å². The number of hydrogen-bond donors (Lipinski definition) is 1. The molecule has 5 heteroatoms. The van der Waals surface area contributed by atoms with Crippen LogP contribution in [0.3, 0.4) is 0 Å². The van der Waals surface area contributed by atoms with Crippen molar-refractivity contribution in [2.24, 2.45) is 0 Å². The fourth-order valence-electron chi connectivity index (χ4n) is 0.327. The minimum absolute atomic E-state index is 0. The molecular weight excluding hydrogens is 151 g/mol. The molecular formula is C6H3N4Na. The molecule has 0 saturated heterocycles. The Kier molecular flexibility index (Phi) is 8.36. The summed E-state index contributed by atoms with van der Waals surface area (Å²) in [7, 11) is 0. The Labute approximate surface area is 86.4 Å². The van der Waals surface area contributed by atoms with Crippen LogP contribution in [0.1, 0.15) is 6.42 Å². The summed E-state index contributed by atoms with van der Waals surface area (Å²) in [5.74, 6) is 1.52. The van der Waals surface area contributed by atoms with Gasteiger partial charge >= 0.3 is 0 Å². The summed E-state index contributed by atoms with van der Waals surface area (Å²) in [6.07, 6.45) is -0.184. The van der Waals surface area contributed by atoms with Gasteiger partial charge in [0.15, 0.2) is 0 Å². The van der Waals surface area contributed by atoms with Crippen LogP contribution in [0.2, 0.25) is 0 Å². The molecule has 11 heavy (non-hydrogen) atoms. The van der Waals surface area contributed by atoms with Crippen LogP contribution < -0.4 is 5.41 Å². The van der Waals surface area contributed by atoms with E-state index in [1.165, 1.54) is 11.9 Å². The van der Waals surface area contributed by atoms with Gasteiger partial charge in [0.1, 0.15) is 11.6 Å². The number of rotatable bonds is 2. The number of nitriles is 2. The smallest absolute Gasteiger partial charge is 0.137 e. The minimum Gasteiger partial charge on any atom is -0.302 e. The molecule has 0 amide bonds. The van der Waals surface area contributed by atoms with Gasteiger partial charge in [-0.3, -0.25) is 0 Å². The molecule has 0 atom stereocenters. The second kappa shape index (κ2) is 7.21. The molecule has 0 fully saturated rings. The predicted octanol–water partition coefficient (Wildman–Crippen LogP) is -0.541. The third-order valence-electron chi connectivity index (χ3n) is 0.781. The maximum atomic E-state index is 8.16. The quantitative estimate of drug-likeness (QED) is 0.328. The Morgan fingerprint density at radius 1 is 1.36 bits per heavy atom. The molecule has 0 saturated carbocycles. The van der Waals surface area contributed by atoms with Gasteiger partial charge in [-0.1, -0.05) is 5.41 Å². The third kappa shape index (κ3) is 4.50. The van der Waals surface area contributed by atoms with Crippen molar-refractivity contribution in [2.45, 2.75) is 6.42 Å². The first-order valence-corrected chi connectivity index (χ1v) is 2.38. The van der Waals surface area contributed by atoms with Crippen LogP contribution in [-0.2, 0) is 0 Å². The van der Waals surface area contributed by atoms with Gasteiger partial charge in [-0.05, 0) is 0 Å². The van der Waals surface area contributed by atoms with E-state index in [2.05, 4.69) is 0 Å². The SMILES string of the molecule is [N]=C=C(C#N)C(=N)CC#N.[Na]. The summed E-state index contributed by atoms with van der Waals surface area (Å²) in [6, 6.07) is 3.19. The molecule has 0 aliphatic carbocycles. The van der Waals surface area contributed by atoms with Gasteiger partial charge in [-0.2, -0.15) is 10.5 Å². The predicted molar refractivity (Wildman–Crippen MR) is 40.0 cm³/mol. The Balaban J connectivity index is 0. The summed E-state index contributed by atoms with van der Waals surface area (Å²) < 4.78 is 0. The van der Waals surface area contributed by atoms with Gasteiger partial charge in [0, 0.05) is 35.4 Å². The Morgan fingerprint density at radius 3 is 2.18 bits per heavy atom. The maximum Gasteiger partial charge on any atom is 0.137 e. The van der Waals surface area contributed by atoms with E-state index >= 15 is 0 Å². The van der Waals surface area contributed by atoms with Gasteiger partial charge in [-0.15, -0.1) is 0 Å². The van der Waals surface area contributed by atoms with Crippen molar-refractivity contribution in [2.75, 3.05) is 0 Å². The zero-order chi connectivity index (χ0) is 7.98. The fraction of sp³-hybridized carbons (Fsp3) is 0.167. The van der Waals surface area contributed by atoms with Crippen LogP contribution in [0.4, 0.5) is 0 Å². The molecule has 0 aromatic carbocycles. The second-order valence-corrected chi connectivity index (χ2v) is 1.41. The standard InChI is InChI=1S/C6H3N4.Na/c7-2-1-6(10)5(3-8)4-9;/h10H,1H2;. The molecule has 0 aromatic rings. The fourth-order valence-corrected chi connectivity index (χ4v) is 0.327. The maximum absolute atomic E-state index is 8.16. The van der Waals surface area contributed by atoms with Crippen molar-refractivity contribution in [1.82, 2.24) is 5.41 Å². The average Bonchev–Trinajstić information content (AvgIpc) is 1.91. The van der Waals surface area contributed by atoms with Gasteiger partial charge < -0.3 is 5.41 Å². The van der Waals surface area contributed by atoms with E-state index in [0.29, 0.717) is 0 Å². The third-order valence-corrected chi connectivity index (χ3v) is 0.781. The van der Waals surface area contributed by atoms with Crippen LogP contribution in [-0.4, -0.2) is 41.1 Å². The molecule has 0 spiro atoms. The van der Waals surface area contributed by atoms with E-state index in [1.807, 2.05) is 0 Å². The van der Waals surface area contributed by atoms with Crippen LogP contribution in [0.25, 0.3) is 0 Å². The molecule has 0 unspecified atom stereocenters. The first kappa shape index (κ1) is 12.7. The molecule has 1 N–H and O–H groups in total. The van der Waals surface area contributed by atoms with E-state index in [9.17, 15) is 0 Å². The van der Waals surface area contributed by atoms with Crippen molar-refractivity contribution < 1.29 is 0 Å². The Hall–Kier alpha value is -0.900. The van der Waals surface area contributed by atoms with Crippen LogP contribution in [0, 0.1) is 28.1 Å². The normalized spacial score (nSPS) is 6.00. The van der Waals surface area contributed by atoms with Crippen LogP contribution in [0.5, 0.6) is 0 Å². The van der Waals surface area contributed by atoms with Crippen molar-refractivity contribution in [3.63, 3.8) is 0 Å². The Morgan fingerprint density at radius 2 is 1.91 bits per heavy atom. The first-order valence-electron chi connectivity index (χ1n) is 2.38. The molecule has 0 bridgehead atoms. The summed E-state index contributed by atoms with van der Waals surface area (Å²) in [5.41, 5.74) is -0.506. The number of nitrogens with zero attached hydrogens (tertiary/aromatic N) is 3. The molecule has 0 aromatic heterocycles. The molecule has 0 aliphatic rings. The summed E-state index contributed by atoms with van der Waals surface area (Å²) >= 11 is 0. The minimum atomic E-state index is -0.290. The van der Waals surface area contributed by atoms with Crippen molar-refractivity contribution in [3.05, 3.63) is 5.57 Å². The van der Waals surface area contributed by atoms with Crippen molar-refractivity contribution >= 4 is 41.1 Å². The van der Waals surface area contributed by atoms with Gasteiger partial charge in [-0.25, -0.2) is 0 Å². The number of allylic oxidation sites excluding steroid dienone is 1. The molecule has 2 radical (unpaired) electrons. The van der Waals surface area contributed by atoms with Crippen LogP contribution in [0.15, 0.2) is 5.57 Å². The monoisotopic (exact) mass is 154 g/mol. The summed E-state index contributed by atoms with van der Waals surface area (Å²) in [5, 5.41) is 31.3. The Bertz CT molecular complexity index is 274. The molecule has 0 heterocycles. The zero-order valence-corrected chi connectivity index (χ0v) is 8.05. The summed E-state index contributed by atoms with van der Waals surface area (Å²) in [6.45, 7) is 0. The number of hydrogen-bond acceptors (Lipinski definition) is 3.